The van der Waals surface area contributed by atoms with Crippen molar-refractivity contribution in [1.82, 2.24) is 0 Å². The van der Waals surface area contributed by atoms with Gasteiger partial charge in [0.25, 0.3) is 0 Å². The molecule has 0 saturated carbocycles. The summed E-state index contributed by atoms with van der Waals surface area (Å²) in [6, 6.07) is 0. The lowest BCUT2D eigenvalue weighted by molar-refractivity contribution is -0.139. The van der Waals surface area contributed by atoms with E-state index in [4.69, 9.17) is 0 Å². The van der Waals surface area contributed by atoms with E-state index < -0.39 is 17.7 Å². The van der Waals surface area contributed by atoms with Crippen LogP contribution >= 0.6 is 0 Å². The first-order chi connectivity index (χ1) is 5.00. The van der Waals surface area contributed by atoms with E-state index in [1.54, 1.807) is 0 Å². The monoisotopic (exact) mass is 166 g/mol. The molecule has 11 heavy (non-hydrogen) atoms. The second kappa shape index (κ2) is 2.56. The molecule has 1 heterocycles. The molecule has 0 aromatic heterocycles. The van der Waals surface area contributed by atoms with Gasteiger partial charge >= 0.3 is 6.18 Å². The van der Waals surface area contributed by atoms with E-state index in [0.717, 1.165) is 0 Å². The highest BCUT2D eigenvalue weighted by atomic mass is 19.4. The molecule has 62 valence electrons. The van der Waals surface area contributed by atoms with Gasteiger partial charge in [-0.05, 0) is 0 Å². The molecule has 5 heteroatoms. The maximum Gasteiger partial charge on any atom is 0.449 e. The minimum absolute atomic E-state index is 0.0274. The third-order valence-electron chi connectivity index (χ3n) is 1.18. The van der Waals surface area contributed by atoms with Crippen LogP contribution in [0.1, 0.15) is 6.42 Å². The number of rotatable bonds is 0. The summed E-state index contributed by atoms with van der Waals surface area (Å²) in [4.78, 5) is 10.5. The molecule has 1 rings (SSSR count). The molecule has 1 aliphatic heterocycles. The van der Waals surface area contributed by atoms with Crippen molar-refractivity contribution in [2.24, 2.45) is 0 Å². The van der Waals surface area contributed by atoms with Crippen molar-refractivity contribution in [3.8, 4) is 0 Å². The van der Waals surface area contributed by atoms with Gasteiger partial charge in [0, 0.05) is 12.5 Å². The van der Waals surface area contributed by atoms with Crippen molar-refractivity contribution < 1.29 is 22.7 Å². The zero-order valence-corrected chi connectivity index (χ0v) is 5.44. The number of hydrogen-bond donors (Lipinski definition) is 0. The maximum absolute atomic E-state index is 11.8. The maximum atomic E-state index is 11.8. The second-order valence-corrected chi connectivity index (χ2v) is 2.07. The Bertz CT molecular complexity index is 204. The SMILES string of the molecule is O=C1C=C(C(F)(F)F)OCC1. The summed E-state index contributed by atoms with van der Waals surface area (Å²) < 4.78 is 39.5. The molecule has 0 bridgehead atoms. The summed E-state index contributed by atoms with van der Waals surface area (Å²) in [5.41, 5.74) is 0. The Kier molecular flexibility index (Phi) is 1.89. The second-order valence-electron chi connectivity index (χ2n) is 2.07. The number of hydrogen-bond acceptors (Lipinski definition) is 2. The van der Waals surface area contributed by atoms with Gasteiger partial charge in [0.15, 0.2) is 5.78 Å². The highest BCUT2D eigenvalue weighted by Gasteiger charge is 2.37. The van der Waals surface area contributed by atoms with Crippen LogP contribution in [0.5, 0.6) is 0 Å². The van der Waals surface area contributed by atoms with Crippen molar-refractivity contribution in [1.29, 1.82) is 0 Å². The van der Waals surface area contributed by atoms with E-state index in [1.807, 2.05) is 0 Å². The van der Waals surface area contributed by atoms with Gasteiger partial charge in [0.05, 0.1) is 6.61 Å². The minimum Gasteiger partial charge on any atom is -0.488 e. The highest BCUT2D eigenvalue weighted by molar-refractivity contribution is 5.90. The standard InChI is InChI=1S/C6H5F3O2/c7-6(8,9)5-3-4(10)1-2-11-5/h3H,1-2H2. The van der Waals surface area contributed by atoms with Crippen LogP contribution in [0.2, 0.25) is 0 Å². The van der Waals surface area contributed by atoms with E-state index >= 15 is 0 Å². The van der Waals surface area contributed by atoms with Crippen molar-refractivity contribution in [2.75, 3.05) is 6.61 Å². The summed E-state index contributed by atoms with van der Waals surface area (Å²) in [5, 5.41) is 0. The molecule has 0 radical (unpaired) electrons. The average molecular weight is 166 g/mol. The summed E-state index contributed by atoms with van der Waals surface area (Å²) in [6.07, 6.45) is -4.01. The molecule has 0 N–H and O–H groups in total. The first-order valence-corrected chi connectivity index (χ1v) is 2.94. The number of ether oxygens (including phenoxy) is 1. The summed E-state index contributed by atoms with van der Waals surface area (Å²) >= 11 is 0. The number of carbonyl (C=O) groups excluding carboxylic acids is 1. The Labute approximate surface area is 60.6 Å². The van der Waals surface area contributed by atoms with Gasteiger partial charge in [-0.15, -0.1) is 0 Å². The molecule has 0 fully saturated rings. The summed E-state index contributed by atoms with van der Waals surface area (Å²) in [5.74, 6) is -1.72. The summed E-state index contributed by atoms with van der Waals surface area (Å²) in [6.45, 7) is -0.176. The molecular formula is C6H5F3O2. The largest absolute Gasteiger partial charge is 0.488 e. The lowest BCUT2D eigenvalue weighted by Gasteiger charge is -2.15. The van der Waals surface area contributed by atoms with Gasteiger partial charge in [-0.2, -0.15) is 13.2 Å². The molecule has 0 spiro atoms. The fraction of sp³-hybridized carbons (Fsp3) is 0.500. The quantitative estimate of drug-likeness (QED) is 0.544. The van der Waals surface area contributed by atoms with E-state index in [1.165, 1.54) is 0 Å². The molecule has 0 amide bonds. The average Bonchev–Trinajstić information content (AvgIpc) is 1.86. The molecule has 0 aromatic carbocycles. The van der Waals surface area contributed by atoms with Gasteiger partial charge in [0.2, 0.25) is 5.76 Å². The van der Waals surface area contributed by atoms with Crippen molar-refractivity contribution in [2.45, 2.75) is 12.6 Å². The van der Waals surface area contributed by atoms with E-state index in [9.17, 15) is 18.0 Å². The fourth-order valence-corrected chi connectivity index (χ4v) is 0.685. The third-order valence-corrected chi connectivity index (χ3v) is 1.18. The molecule has 0 aromatic rings. The Morgan fingerprint density at radius 1 is 1.45 bits per heavy atom. The van der Waals surface area contributed by atoms with Crippen molar-refractivity contribution in [3.63, 3.8) is 0 Å². The Morgan fingerprint density at radius 2 is 2.09 bits per heavy atom. The first-order valence-electron chi connectivity index (χ1n) is 2.94. The molecule has 1 aliphatic rings. The number of alkyl halides is 3. The highest BCUT2D eigenvalue weighted by Crippen LogP contribution is 2.28. The fourth-order valence-electron chi connectivity index (χ4n) is 0.685. The molecule has 0 saturated heterocycles. The van der Waals surface area contributed by atoms with Crippen LogP contribution in [0.3, 0.4) is 0 Å². The van der Waals surface area contributed by atoms with E-state index in [-0.39, 0.29) is 13.0 Å². The van der Waals surface area contributed by atoms with Crippen LogP contribution in [-0.2, 0) is 9.53 Å². The number of carbonyl (C=O) groups is 1. The van der Waals surface area contributed by atoms with Crippen LogP contribution in [0.4, 0.5) is 13.2 Å². The number of allylic oxidation sites excluding steroid dienone is 2. The number of ketones is 1. The normalized spacial score (nSPS) is 19.2. The molecule has 0 aliphatic carbocycles. The van der Waals surface area contributed by atoms with Crippen LogP contribution in [0.25, 0.3) is 0 Å². The lowest BCUT2D eigenvalue weighted by Crippen LogP contribution is -2.21. The van der Waals surface area contributed by atoms with Gasteiger partial charge in [0.1, 0.15) is 0 Å². The topological polar surface area (TPSA) is 26.3 Å². The number of halogens is 3. The molecule has 0 unspecified atom stereocenters. The zero-order valence-electron chi connectivity index (χ0n) is 5.44. The van der Waals surface area contributed by atoms with E-state index in [0.29, 0.717) is 6.08 Å². The van der Waals surface area contributed by atoms with Gasteiger partial charge in [-0.25, -0.2) is 0 Å². The predicted octanol–water partition coefficient (Wildman–Crippen LogP) is 1.42. The smallest absolute Gasteiger partial charge is 0.449 e. The van der Waals surface area contributed by atoms with Gasteiger partial charge in [-0.3, -0.25) is 4.79 Å². The molecule has 2 nitrogen and oxygen atoms in total. The van der Waals surface area contributed by atoms with E-state index in [2.05, 4.69) is 4.74 Å². The van der Waals surface area contributed by atoms with Crippen LogP contribution < -0.4 is 0 Å². The first kappa shape index (κ1) is 8.10. The van der Waals surface area contributed by atoms with Gasteiger partial charge < -0.3 is 4.74 Å². The van der Waals surface area contributed by atoms with Crippen LogP contribution in [-0.4, -0.2) is 18.6 Å². The Balaban J connectivity index is 2.79. The minimum atomic E-state index is -4.53. The Morgan fingerprint density at radius 3 is 2.45 bits per heavy atom. The lowest BCUT2D eigenvalue weighted by atomic mass is 10.2. The summed E-state index contributed by atoms with van der Waals surface area (Å²) in [7, 11) is 0. The zero-order chi connectivity index (χ0) is 8.48. The van der Waals surface area contributed by atoms with Crippen molar-refractivity contribution in [3.05, 3.63) is 11.8 Å². The molecule has 0 atom stereocenters. The van der Waals surface area contributed by atoms with Gasteiger partial charge in [-0.1, -0.05) is 0 Å². The molecular weight excluding hydrogens is 161 g/mol. The third kappa shape index (κ3) is 1.96. The Hall–Kier alpha value is -1.00. The van der Waals surface area contributed by atoms with Crippen LogP contribution in [0, 0.1) is 0 Å². The van der Waals surface area contributed by atoms with Crippen molar-refractivity contribution >= 4 is 5.78 Å². The van der Waals surface area contributed by atoms with Crippen LogP contribution in [0.15, 0.2) is 11.8 Å². The predicted molar refractivity (Wildman–Crippen MR) is 29.7 cm³/mol.